The van der Waals surface area contributed by atoms with Gasteiger partial charge in [-0.3, -0.25) is 0 Å². The highest BCUT2D eigenvalue weighted by molar-refractivity contribution is 5.28. The third-order valence-corrected chi connectivity index (χ3v) is 3.92. The highest BCUT2D eigenvalue weighted by Gasteiger charge is 2.22. The molecule has 0 radical (unpaired) electrons. The molecule has 0 atom stereocenters. The number of halogens is 1. The number of unbranched alkanes of at least 4 members (excludes halogenated alkanes) is 3. The molecule has 0 aliphatic rings. The molecular formula is C19H23BrN4. The van der Waals surface area contributed by atoms with E-state index in [9.17, 15) is 0 Å². The molecule has 0 aliphatic carbocycles. The number of rotatable bonds is 7. The molecule has 126 valence electrons. The van der Waals surface area contributed by atoms with Gasteiger partial charge in [0.05, 0.1) is 0 Å². The van der Waals surface area contributed by atoms with Crippen molar-refractivity contribution in [3.05, 3.63) is 66.5 Å². The molecule has 0 saturated heterocycles. The Kier molecular flexibility index (Phi) is 7.12. The number of aryl methyl sites for hydroxylation is 1. The van der Waals surface area contributed by atoms with Gasteiger partial charge in [-0.1, -0.05) is 62.6 Å². The van der Waals surface area contributed by atoms with Gasteiger partial charge in [-0.2, -0.15) is 0 Å². The fraction of sp³-hybridized carbons (Fsp3) is 0.316. The van der Waals surface area contributed by atoms with Crippen molar-refractivity contribution in [2.75, 3.05) is 0 Å². The third-order valence-electron chi connectivity index (χ3n) is 3.92. The van der Waals surface area contributed by atoms with Crippen LogP contribution in [0.25, 0.3) is 11.4 Å². The Bertz CT molecular complexity index is 726. The monoisotopic (exact) mass is 386 g/mol. The lowest BCUT2D eigenvalue weighted by Crippen LogP contribution is -3.00. The lowest BCUT2D eigenvalue weighted by molar-refractivity contribution is -0.687. The Morgan fingerprint density at radius 1 is 0.875 bits per heavy atom. The number of aromatic nitrogens is 4. The molecule has 3 rings (SSSR count). The Balaban J connectivity index is 0.00000208. The maximum Gasteiger partial charge on any atom is 0.306 e. The lowest BCUT2D eigenvalue weighted by Gasteiger charge is -2.05. The molecule has 3 aromatic rings. The van der Waals surface area contributed by atoms with Gasteiger partial charge in [0, 0.05) is 6.42 Å². The molecule has 0 unspecified atom stereocenters. The molecule has 5 heteroatoms. The summed E-state index contributed by atoms with van der Waals surface area (Å²) in [6.07, 6.45) is 5.85. The first-order valence-electron chi connectivity index (χ1n) is 8.38. The standard InChI is InChI=1S/C19H23N4.BrH/c1-2-3-4-11-16-19-20-21-23(18-14-9-6-10-15-18)22(19)17-12-7-5-8-13-17;/h5-10,12-15H,2-4,11,16H2,1H3;1H/q+1;/p-1. The van der Waals surface area contributed by atoms with Gasteiger partial charge in [-0.05, 0) is 35.5 Å². The van der Waals surface area contributed by atoms with Crippen molar-refractivity contribution < 1.29 is 21.7 Å². The van der Waals surface area contributed by atoms with Crippen molar-refractivity contribution in [2.24, 2.45) is 0 Å². The number of para-hydroxylation sites is 2. The minimum absolute atomic E-state index is 0. The van der Waals surface area contributed by atoms with Crippen LogP contribution < -0.4 is 21.7 Å². The van der Waals surface area contributed by atoms with Gasteiger partial charge < -0.3 is 17.0 Å². The summed E-state index contributed by atoms with van der Waals surface area (Å²) in [5.41, 5.74) is 2.11. The molecule has 24 heavy (non-hydrogen) atoms. The minimum atomic E-state index is 0. The van der Waals surface area contributed by atoms with Crippen molar-refractivity contribution in [1.82, 2.24) is 15.1 Å². The van der Waals surface area contributed by atoms with E-state index in [0.717, 1.165) is 30.0 Å². The van der Waals surface area contributed by atoms with Crippen LogP contribution in [0.2, 0.25) is 0 Å². The zero-order valence-corrected chi connectivity index (χ0v) is 15.6. The van der Waals surface area contributed by atoms with Crippen LogP contribution in [0.5, 0.6) is 0 Å². The Hall–Kier alpha value is -2.01. The zero-order chi connectivity index (χ0) is 15.9. The molecule has 0 N–H and O–H groups in total. The maximum absolute atomic E-state index is 4.44. The highest BCUT2D eigenvalue weighted by atomic mass is 79.9. The van der Waals surface area contributed by atoms with E-state index in [1.807, 2.05) is 41.2 Å². The SMILES string of the molecule is CCCCCCc1nnn(-c2ccccc2)[n+]1-c1ccccc1.[Br-]. The quantitative estimate of drug-likeness (QED) is 0.441. The number of tetrazole rings is 1. The summed E-state index contributed by atoms with van der Waals surface area (Å²) in [6, 6.07) is 20.5. The second-order valence-electron chi connectivity index (χ2n) is 5.69. The Labute approximate surface area is 153 Å². The number of hydrogen-bond donors (Lipinski definition) is 0. The third kappa shape index (κ3) is 4.29. The summed E-state index contributed by atoms with van der Waals surface area (Å²) in [5, 5.41) is 8.83. The van der Waals surface area contributed by atoms with E-state index in [1.54, 1.807) is 0 Å². The second-order valence-corrected chi connectivity index (χ2v) is 5.69. The lowest BCUT2D eigenvalue weighted by atomic mass is 10.1. The van der Waals surface area contributed by atoms with Gasteiger partial charge >= 0.3 is 5.82 Å². The summed E-state index contributed by atoms with van der Waals surface area (Å²) < 4.78 is 2.11. The number of nitrogens with zero attached hydrogens (tertiary/aromatic N) is 4. The van der Waals surface area contributed by atoms with E-state index in [2.05, 4.69) is 46.2 Å². The van der Waals surface area contributed by atoms with Crippen molar-refractivity contribution in [3.8, 4) is 11.4 Å². The fourth-order valence-corrected chi connectivity index (χ4v) is 2.71. The first-order valence-corrected chi connectivity index (χ1v) is 8.38. The van der Waals surface area contributed by atoms with Crippen LogP contribution >= 0.6 is 0 Å². The summed E-state index contributed by atoms with van der Waals surface area (Å²) >= 11 is 0. The largest absolute Gasteiger partial charge is 1.00 e. The maximum atomic E-state index is 4.44. The van der Waals surface area contributed by atoms with E-state index in [4.69, 9.17) is 0 Å². The molecule has 1 heterocycles. The van der Waals surface area contributed by atoms with Crippen LogP contribution in [0, 0.1) is 0 Å². The van der Waals surface area contributed by atoms with Crippen LogP contribution in [0.4, 0.5) is 0 Å². The van der Waals surface area contributed by atoms with Gasteiger partial charge in [-0.25, -0.2) is 0 Å². The average molecular weight is 387 g/mol. The van der Waals surface area contributed by atoms with Gasteiger partial charge in [0.2, 0.25) is 0 Å². The van der Waals surface area contributed by atoms with Crippen LogP contribution in [0.1, 0.15) is 38.4 Å². The van der Waals surface area contributed by atoms with Crippen LogP contribution in [0.3, 0.4) is 0 Å². The number of hydrogen-bond acceptors (Lipinski definition) is 2. The van der Waals surface area contributed by atoms with Crippen molar-refractivity contribution in [2.45, 2.75) is 39.0 Å². The molecule has 0 fully saturated rings. The molecule has 2 aromatic carbocycles. The fourth-order valence-electron chi connectivity index (χ4n) is 2.71. The van der Waals surface area contributed by atoms with Gasteiger partial charge in [-0.15, -0.1) is 4.68 Å². The van der Waals surface area contributed by atoms with Crippen LogP contribution in [0.15, 0.2) is 60.7 Å². The minimum Gasteiger partial charge on any atom is -1.00 e. The van der Waals surface area contributed by atoms with Gasteiger partial charge in [0.15, 0.2) is 5.21 Å². The summed E-state index contributed by atoms with van der Waals surface area (Å²) in [4.78, 5) is 1.88. The first kappa shape index (κ1) is 18.3. The Morgan fingerprint density at radius 2 is 1.54 bits per heavy atom. The van der Waals surface area contributed by atoms with Crippen molar-refractivity contribution >= 4 is 0 Å². The predicted molar refractivity (Wildman–Crippen MR) is 90.7 cm³/mol. The summed E-state index contributed by atoms with van der Waals surface area (Å²) in [6.45, 7) is 2.23. The van der Waals surface area contributed by atoms with Crippen LogP contribution in [-0.4, -0.2) is 15.1 Å². The Morgan fingerprint density at radius 3 is 2.21 bits per heavy atom. The second kappa shape index (κ2) is 9.33. The highest BCUT2D eigenvalue weighted by Crippen LogP contribution is 2.08. The predicted octanol–water partition coefficient (Wildman–Crippen LogP) is 0.671. The van der Waals surface area contributed by atoms with Crippen molar-refractivity contribution in [3.63, 3.8) is 0 Å². The molecular weight excluding hydrogens is 364 g/mol. The van der Waals surface area contributed by atoms with Gasteiger partial charge in [0.1, 0.15) is 16.5 Å². The molecule has 0 saturated carbocycles. The molecule has 0 aliphatic heterocycles. The van der Waals surface area contributed by atoms with E-state index in [-0.39, 0.29) is 17.0 Å². The van der Waals surface area contributed by atoms with E-state index in [0.29, 0.717) is 0 Å². The topological polar surface area (TPSA) is 34.6 Å². The zero-order valence-electron chi connectivity index (χ0n) is 14.0. The number of benzene rings is 2. The van der Waals surface area contributed by atoms with E-state index in [1.165, 1.54) is 19.3 Å². The molecule has 0 amide bonds. The molecule has 4 nitrogen and oxygen atoms in total. The van der Waals surface area contributed by atoms with Crippen molar-refractivity contribution in [1.29, 1.82) is 0 Å². The summed E-state index contributed by atoms with van der Waals surface area (Å²) in [5.74, 6) is 1.01. The van der Waals surface area contributed by atoms with Crippen LogP contribution in [-0.2, 0) is 6.42 Å². The average Bonchev–Trinajstić information content (AvgIpc) is 3.04. The van der Waals surface area contributed by atoms with E-state index >= 15 is 0 Å². The molecule has 1 aromatic heterocycles. The van der Waals surface area contributed by atoms with E-state index < -0.39 is 0 Å². The first-order chi connectivity index (χ1) is 11.4. The summed E-state index contributed by atoms with van der Waals surface area (Å²) in [7, 11) is 0. The smallest absolute Gasteiger partial charge is 0.306 e. The van der Waals surface area contributed by atoms with Gasteiger partial charge in [0.25, 0.3) is 0 Å². The molecule has 0 spiro atoms. The molecule has 0 bridgehead atoms. The normalized spacial score (nSPS) is 10.4.